The van der Waals surface area contributed by atoms with E-state index in [9.17, 15) is 4.79 Å². The third-order valence-corrected chi connectivity index (χ3v) is 1.61. The lowest BCUT2D eigenvalue weighted by Gasteiger charge is -2.01. The molecule has 1 rings (SSSR count). The van der Waals surface area contributed by atoms with E-state index in [-0.39, 0.29) is 17.3 Å². The van der Waals surface area contributed by atoms with E-state index in [2.05, 4.69) is 11.6 Å². The number of ether oxygens (including phenoxy) is 1. The molecule has 0 aliphatic rings. The minimum absolute atomic E-state index is 0.150. The Morgan fingerprint density at radius 1 is 1.77 bits per heavy atom. The average Bonchev–Trinajstić information content (AvgIpc) is 2.15. The molecule has 0 saturated carbocycles. The molecule has 0 aliphatic heterocycles. The molecule has 0 unspecified atom stereocenters. The van der Waals surface area contributed by atoms with Crippen molar-refractivity contribution in [2.75, 3.05) is 6.61 Å². The molecule has 4 heteroatoms. The lowest BCUT2D eigenvalue weighted by molar-refractivity contribution is 0.0549. The van der Waals surface area contributed by atoms with E-state index in [1.165, 1.54) is 12.3 Å². The van der Waals surface area contributed by atoms with Crippen molar-refractivity contribution in [3.63, 3.8) is 0 Å². The average molecular weight is 198 g/mol. The molecule has 0 N–H and O–H groups in total. The van der Waals surface area contributed by atoms with Crippen LogP contribution in [0.1, 0.15) is 10.4 Å². The number of carbonyl (C=O) groups excluding carboxylic acids is 1. The minimum Gasteiger partial charge on any atom is -0.458 e. The van der Waals surface area contributed by atoms with Crippen LogP contribution in [0.25, 0.3) is 0 Å². The summed E-state index contributed by atoms with van der Waals surface area (Å²) >= 11 is 5.66. The highest BCUT2D eigenvalue weighted by Crippen LogP contribution is 2.12. The van der Waals surface area contributed by atoms with E-state index < -0.39 is 5.97 Å². The van der Waals surface area contributed by atoms with Crippen molar-refractivity contribution in [2.45, 2.75) is 0 Å². The zero-order valence-corrected chi connectivity index (χ0v) is 7.62. The predicted octanol–water partition coefficient (Wildman–Crippen LogP) is 2.08. The van der Waals surface area contributed by atoms with Crippen LogP contribution in [0.15, 0.2) is 31.0 Å². The van der Waals surface area contributed by atoms with Gasteiger partial charge in [0, 0.05) is 6.20 Å². The highest BCUT2D eigenvalue weighted by Gasteiger charge is 2.10. The Bertz CT molecular complexity index is 325. The fourth-order valence-electron chi connectivity index (χ4n) is 0.751. The highest BCUT2D eigenvalue weighted by molar-refractivity contribution is 6.32. The smallest absolute Gasteiger partial charge is 0.341 e. The maximum absolute atomic E-state index is 11.2. The summed E-state index contributed by atoms with van der Waals surface area (Å²) in [6.07, 6.45) is 2.99. The van der Waals surface area contributed by atoms with Gasteiger partial charge in [-0.15, -0.1) is 0 Å². The number of nitrogens with zero attached hydrogens (tertiary/aromatic N) is 1. The lowest BCUT2D eigenvalue weighted by atomic mass is 10.3. The molecule has 0 amide bonds. The van der Waals surface area contributed by atoms with Crippen molar-refractivity contribution in [3.8, 4) is 0 Å². The second-order valence-electron chi connectivity index (χ2n) is 2.23. The second-order valence-corrected chi connectivity index (χ2v) is 2.59. The lowest BCUT2D eigenvalue weighted by Crippen LogP contribution is -2.06. The molecule has 3 nitrogen and oxygen atoms in total. The highest BCUT2D eigenvalue weighted by atomic mass is 35.5. The second kappa shape index (κ2) is 4.62. The molecule has 0 radical (unpaired) electrons. The van der Waals surface area contributed by atoms with Gasteiger partial charge in [0.1, 0.15) is 11.8 Å². The van der Waals surface area contributed by atoms with E-state index in [0.717, 1.165) is 0 Å². The Labute approximate surface area is 81.0 Å². The molecule has 0 aliphatic carbocycles. The van der Waals surface area contributed by atoms with E-state index in [4.69, 9.17) is 16.3 Å². The van der Waals surface area contributed by atoms with Crippen LogP contribution in [0.3, 0.4) is 0 Å². The number of pyridine rings is 1. The van der Waals surface area contributed by atoms with Crippen molar-refractivity contribution in [1.82, 2.24) is 4.98 Å². The summed E-state index contributed by atoms with van der Waals surface area (Å²) < 4.78 is 4.78. The Kier molecular flexibility index (Phi) is 3.46. The van der Waals surface area contributed by atoms with E-state index in [0.29, 0.717) is 0 Å². The van der Waals surface area contributed by atoms with Crippen LogP contribution in [0, 0.1) is 0 Å². The molecule has 1 heterocycles. The number of carbonyl (C=O) groups is 1. The van der Waals surface area contributed by atoms with Gasteiger partial charge >= 0.3 is 5.97 Å². The topological polar surface area (TPSA) is 39.2 Å². The molecule has 0 saturated heterocycles. The summed E-state index contributed by atoms with van der Waals surface area (Å²) in [6.45, 7) is 3.59. The Morgan fingerprint density at radius 2 is 2.54 bits per heavy atom. The molecule has 13 heavy (non-hydrogen) atoms. The molecule has 0 spiro atoms. The Balaban J connectivity index is 2.76. The molecule has 0 fully saturated rings. The van der Waals surface area contributed by atoms with Gasteiger partial charge in [0.25, 0.3) is 0 Å². The minimum atomic E-state index is -0.488. The van der Waals surface area contributed by atoms with Crippen molar-refractivity contribution in [2.24, 2.45) is 0 Å². The first-order valence-electron chi connectivity index (χ1n) is 3.64. The number of hydrogen-bond acceptors (Lipinski definition) is 3. The van der Waals surface area contributed by atoms with Crippen LogP contribution in [-0.2, 0) is 4.74 Å². The molecule has 0 aromatic carbocycles. The van der Waals surface area contributed by atoms with Crippen LogP contribution < -0.4 is 0 Å². The largest absolute Gasteiger partial charge is 0.458 e. The molecule has 1 aromatic heterocycles. The van der Waals surface area contributed by atoms with Gasteiger partial charge in [-0.3, -0.25) is 0 Å². The van der Waals surface area contributed by atoms with Crippen molar-refractivity contribution < 1.29 is 9.53 Å². The summed E-state index contributed by atoms with van der Waals surface area (Å²) in [4.78, 5) is 15.0. The first kappa shape index (κ1) is 9.74. The Morgan fingerprint density at radius 3 is 3.15 bits per heavy atom. The summed E-state index contributed by atoms with van der Waals surface area (Å²) in [5.41, 5.74) is 0.269. The molecule has 0 atom stereocenters. The maximum atomic E-state index is 11.2. The van der Waals surface area contributed by atoms with Gasteiger partial charge in [-0.1, -0.05) is 24.3 Å². The van der Waals surface area contributed by atoms with Gasteiger partial charge in [-0.25, -0.2) is 9.78 Å². The number of halogens is 1. The van der Waals surface area contributed by atoms with Gasteiger partial charge in [-0.05, 0) is 12.1 Å². The first-order valence-corrected chi connectivity index (χ1v) is 4.02. The zero-order chi connectivity index (χ0) is 9.68. The fraction of sp³-hybridized carbons (Fsp3) is 0.111. The summed E-state index contributed by atoms with van der Waals surface area (Å²) in [6, 6.07) is 3.18. The normalized spacial score (nSPS) is 9.31. The van der Waals surface area contributed by atoms with Crippen molar-refractivity contribution in [1.29, 1.82) is 0 Å². The van der Waals surface area contributed by atoms with Crippen LogP contribution >= 0.6 is 11.6 Å². The Hall–Kier alpha value is -1.35. The summed E-state index contributed by atoms with van der Waals surface area (Å²) in [7, 11) is 0. The van der Waals surface area contributed by atoms with Crippen molar-refractivity contribution in [3.05, 3.63) is 41.7 Å². The molecular formula is C9H8ClNO2. The number of aromatic nitrogens is 1. The van der Waals surface area contributed by atoms with Crippen molar-refractivity contribution >= 4 is 17.6 Å². The van der Waals surface area contributed by atoms with Crippen LogP contribution in [0.4, 0.5) is 0 Å². The number of hydrogen-bond donors (Lipinski definition) is 0. The number of esters is 1. The van der Waals surface area contributed by atoms with E-state index in [1.807, 2.05) is 0 Å². The summed E-state index contributed by atoms with van der Waals surface area (Å²) in [5, 5.41) is 0.150. The van der Waals surface area contributed by atoms with Crippen LogP contribution in [0.5, 0.6) is 0 Å². The molecule has 0 bridgehead atoms. The van der Waals surface area contributed by atoms with Gasteiger partial charge in [0.05, 0.1) is 5.56 Å². The van der Waals surface area contributed by atoms with Gasteiger partial charge < -0.3 is 4.74 Å². The van der Waals surface area contributed by atoms with Gasteiger partial charge in [0.2, 0.25) is 0 Å². The fourth-order valence-corrected chi connectivity index (χ4v) is 0.947. The first-order chi connectivity index (χ1) is 6.25. The SMILES string of the molecule is C=CCOC(=O)c1cccnc1Cl. The zero-order valence-electron chi connectivity index (χ0n) is 6.87. The quantitative estimate of drug-likeness (QED) is 0.423. The maximum Gasteiger partial charge on any atom is 0.341 e. The van der Waals surface area contributed by atoms with Gasteiger partial charge in [-0.2, -0.15) is 0 Å². The predicted molar refractivity (Wildman–Crippen MR) is 49.7 cm³/mol. The van der Waals surface area contributed by atoms with Crippen LogP contribution in [-0.4, -0.2) is 17.6 Å². The molecule has 1 aromatic rings. The molecule has 68 valence electrons. The van der Waals surface area contributed by atoms with E-state index >= 15 is 0 Å². The third kappa shape index (κ3) is 2.56. The standard InChI is InChI=1S/C9H8ClNO2/c1-2-6-13-9(12)7-4-3-5-11-8(7)10/h2-5H,1,6H2. The number of rotatable bonds is 3. The monoisotopic (exact) mass is 197 g/mol. The van der Waals surface area contributed by atoms with Crippen LogP contribution in [0.2, 0.25) is 5.15 Å². The van der Waals surface area contributed by atoms with E-state index in [1.54, 1.807) is 12.1 Å². The summed E-state index contributed by atoms with van der Waals surface area (Å²) in [5.74, 6) is -0.488. The third-order valence-electron chi connectivity index (χ3n) is 1.31. The van der Waals surface area contributed by atoms with Gasteiger partial charge in [0.15, 0.2) is 0 Å². The molecular weight excluding hydrogens is 190 g/mol.